The van der Waals surface area contributed by atoms with Gasteiger partial charge in [-0.25, -0.2) is 13.9 Å². The van der Waals surface area contributed by atoms with Crippen LogP contribution in [-0.2, 0) is 13.0 Å². The summed E-state index contributed by atoms with van der Waals surface area (Å²) in [6.45, 7) is 1.67. The number of aromatic nitrogens is 5. The molecule has 0 saturated heterocycles. The fraction of sp³-hybridized carbons (Fsp3) is 0.273. The van der Waals surface area contributed by atoms with E-state index in [0.29, 0.717) is 24.3 Å². The van der Waals surface area contributed by atoms with Gasteiger partial charge in [-0.1, -0.05) is 6.07 Å². The van der Waals surface area contributed by atoms with Crippen molar-refractivity contribution >= 4 is 11.5 Å². The summed E-state index contributed by atoms with van der Waals surface area (Å²) < 4.78 is 29.7. The Labute approximate surface area is 178 Å². The van der Waals surface area contributed by atoms with E-state index in [0.717, 1.165) is 22.3 Å². The predicted octanol–water partition coefficient (Wildman–Crippen LogP) is 4.33. The number of halogens is 2. The molecule has 0 aliphatic rings. The zero-order chi connectivity index (χ0) is 21.8. The van der Waals surface area contributed by atoms with Gasteiger partial charge in [-0.2, -0.15) is 15.5 Å². The highest BCUT2D eigenvalue weighted by molar-refractivity contribution is 5.76. The number of hydrogen-bond acceptors (Lipinski definition) is 5. The average molecular weight is 421 g/mol. The molecular formula is C22H21F2N7. The van der Waals surface area contributed by atoms with Crippen molar-refractivity contribution in [2.24, 2.45) is 0 Å². The van der Waals surface area contributed by atoms with Gasteiger partial charge < -0.3 is 5.32 Å². The van der Waals surface area contributed by atoms with Gasteiger partial charge in [-0.3, -0.25) is 9.07 Å². The molecule has 158 valence electrons. The number of rotatable bonds is 8. The number of nitrogens with one attached hydrogen (secondary N) is 1. The van der Waals surface area contributed by atoms with Crippen molar-refractivity contribution in [2.75, 3.05) is 12.0 Å². The summed E-state index contributed by atoms with van der Waals surface area (Å²) in [5.41, 5.74) is 3.92. The molecule has 0 fully saturated rings. The van der Waals surface area contributed by atoms with Crippen molar-refractivity contribution in [3.8, 4) is 17.2 Å². The Balaban J connectivity index is 1.62. The van der Waals surface area contributed by atoms with Crippen LogP contribution < -0.4 is 5.32 Å². The van der Waals surface area contributed by atoms with E-state index in [1.54, 1.807) is 46.1 Å². The van der Waals surface area contributed by atoms with Crippen LogP contribution in [0.3, 0.4) is 0 Å². The Kier molecular flexibility index (Phi) is 5.89. The van der Waals surface area contributed by atoms with Crippen molar-refractivity contribution in [1.29, 1.82) is 5.26 Å². The Morgan fingerprint density at radius 3 is 2.90 bits per heavy atom. The van der Waals surface area contributed by atoms with Gasteiger partial charge in [0.15, 0.2) is 5.65 Å². The molecule has 0 aliphatic heterocycles. The summed E-state index contributed by atoms with van der Waals surface area (Å²) in [5.74, 6) is 0.274. The second kappa shape index (κ2) is 8.92. The van der Waals surface area contributed by atoms with Crippen LogP contribution in [0.15, 0.2) is 49.1 Å². The van der Waals surface area contributed by atoms with Crippen molar-refractivity contribution in [1.82, 2.24) is 24.4 Å². The summed E-state index contributed by atoms with van der Waals surface area (Å²) in [6, 6.07) is 8.21. The summed E-state index contributed by atoms with van der Waals surface area (Å²) in [4.78, 5) is 4.68. The molecular weight excluding hydrogens is 400 g/mol. The van der Waals surface area contributed by atoms with E-state index in [9.17, 15) is 8.78 Å². The molecule has 1 unspecified atom stereocenters. The first kappa shape index (κ1) is 20.5. The fourth-order valence-electron chi connectivity index (χ4n) is 3.57. The second-order valence-electron chi connectivity index (χ2n) is 7.23. The summed E-state index contributed by atoms with van der Waals surface area (Å²) in [6.07, 6.45) is 7.87. The Morgan fingerprint density at radius 1 is 1.23 bits per heavy atom. The van der Waals surface area contributed by atoms with E-state index >= 15 is 0 Å². The summed E-state index contributed by atoms with van der Waals surface area (Å²) in [5, 5.41) is 20.7. The van der Waals surface area contributed by atoms with Gasteiger partial charge in [-0.15, -0.1) is 0 Å². The lowest BCUT2D eigenvalue weighted by molar-refractivity contribution is 0.472. The minimum atomic E-state index is -0.411. The van der Waals surface area contributed by atoms with Crippen molar-refractivity contribution in [3.05, 3.63) is 66.0 Å². The van der Waals surface area contributed by atoms with Gasteiger partial charge in [0.05, 0.1) is 31.2 Å². The van der Waals surface area contributed by atoms with Gasteiger partial charge in [0.25, 0.3) is 0 Å². The van der Waals surface area contributed by atoms with Crippen LogP contribution >= 0.6 is 0 Å². The van der Waals surface area contributed by atoms with Crippen molar-refractivity contribution in [3.63, 3.8) is 0 Å². The van der Waals surface area contributed by atoms with Crippen LogP contribution in [0.4, 0.5) is 14.6 Å². The van der Waals surface area contributed by atoms with Gasteiger partial charge in [0.2, 0.25) is 0 Å². The van der Waals surface area contributed by atoms with Crippen molar-refractivity contribution in [2.45, 2.75) is 32.4 Å². The Morgan fingerprint density at radius 2 is 2.10 bits per heavy atom. The number of nitriles is 1. The number of nitrogens with zero attached hydrogens (tertiary/aromatic N) is 6. The average Bonchev–Trinajstić information content (AvgIpc) is 3.39. The van der Waals surface area contributed by atoms with Crippen LogP contribution in [0.1, 0.15) is 30.5 Å². The molecule has 7 nitrogen and oxygen atoms in total. The fourth-order valence-corrected chi connectivity index (χ4v) is 3.57. The van der Waals surface area contributed by atoms with Crippen LogP contribution in [-0.4, -0.2) is 31.1 Å². The molecule has 0 spiro atoms. The highest BCUT2D eigenvalue weighted by Crippen LogP contribution is 2.27. The lowest BCUT2D eigenvalue weighted by Crippen LogP contribution is -2.11. The summed E-state index contributed by atoms with van der Waals surface area (Å²) in [7, 11) is 0. The first-order valence-electron chi connectivity index (χ1n) is 9.94. The lowest BCUT2D eigenvalue weighted by atomic mass is 9.98. The predicted molar refractivity (Wildman–Crippen MR) is 113 cm³/mol. The summed E-state index contributed by atoms with van der Waals surface area (Å²) >= 11 is 0. The van der Waals surface area contributed by atoms with Gasteiger partial charge in [0.1, 0.15) is 18.2 Å². The van der Waals surface area contributed by atoms with E-state index in [-0.39, 0.29) is 18.4 Å². The minimum absolute atomic E-state index is 0.162. The van der Waals surface area contributed by atoms with E-state index in [1.165, 1.54) is 12.1 Å². The molecule has 3 aromatic heterocycles. The molecule has 0 radical (unpaired) electrons. The molecule has 0 aliphatic carbocycles. The largest absolute Gasteiger partial charge is 0.363 e. The molecule has 1 N–H and O–H groups in total. The smallest absolute Gasteiger partial charge is 0.165 e. The van der Waals surface area contributed by atoms with Crippen molar-refractivity contribution < 1.29 is 8.78 Å². The zero-order valence-corrected chi connectivity index (χ0v) is 17.0. The SMILES string of the molecule is CC(Nc1ccn2ncc(-c3cnn(CC#N)c3)c2n1)c1cc(F)ccc1CCCF. The molecule has 0 saturated carbocycles. The highest BCUT2D eigenvalue weighted by Gasteiger charge is 2.15. The maximum atomic E-state index is 13.9. The number of fused-ring (bicyclic) bond motifs is 1. The highest BCUT2D eigenvalue weighted by atomic mass is 19.1. The standard InChI is InChI=1S/C22H21F2N7/c1-15(19-11-18(24)5-4-16(19)3-2-7-23)28-21-6-9-31-22(29-21)20(13-27-31)17-12-26-30(14-17)10-8-25/h4-6,9,11-15H,2-3,7,10H2,1H3,(H,28,29). The van der Waals surface area contributed by atoms with E-state index in [4.69, 9.17) is 5.26 Å². The van der Waals surface area contributed by atoms with Crippen LogP contribution in [0.2, 0.25) is 0 Å². The first-order chi connectivity index (χ1) is 15.1. The van der Waals surface area contributed by atoms with E-state index < -0.39 is 6.67 Å². The first-order valence-corrected chi connectivity index (χ1v) is 9.94. The van der Waals surface area contributed by atoms with E-state index in [1.807, 2.05) is 6.92 Å². The minimum Gasteiger partial charge on any atom is -0.363 e. The second-order valence-corrected chi connectivity index (χ2v) is 7.23. The van der Waals surface area contributed by atoms with Crippen LogP contribution in [0.25, 0.3) is 16.8 Å². The zero-order valence-electron chi connectivity index (χ0n) is 17.0. The molecule has 1 aromatic carbocycles. The monoisotopic (exact) mass is 421 g/mol. The molecule has 4 aromatic rings. The third-order valence-corrected chi connectivity index (χ3v) is 5.06. The lowest BCUT2D eigenvalue weighted by Gasteiger charge is -2.19. The number of benzene rings is 1. The van der Waals surface area contributed by atoms with Crippen LogP contribution in [0, 0.1) is 17.1 Å². The molecule has 31 heavy (non-hydrogen) atoms. The van der Waals surface area contributed by atoms with E-state index in [2.05, 4.69) is 26.6 Å². The third kappa shape index (κ3) is 4.38. The maximum absolute atomic E-state index is 13.9. The number of aryl methyl sites for hydroxylation is 1. The molecule has 9 heteroatoms. The number of hydrogen-bond donors (Lipinski definition) is 1. The van der Waals surface area contributed by atoms with Gasteiger partial charge in [0, 0.05) is 23.5 Å². The quantitative estimate of drug-likeness (QED) is 0.458. The van der Waals surface area contributed by atoms with Gasteiger partial charge >= 0.3 is 0 Å². The molecule has 0 amide bonds. The topological polar surface area (TPSA) is 83.8 Å². The molecule has 0 bridgehead atoms. The number of alkyl halides is 1. The van der Waals surface area contributed by atoms with Crippen LogP contribution in [0.5, 0.6) is 0 Å². The number of anilines is 1. The van der Waals surface area contributed by atoms with Gasteiger partial charge in [-0.05, 0) is 49.1 Å². The maximum Gasteiger partial charge on any atom is 0.165 e. The molecule has 3 heterocycles. The Hall–Kier alpha value is -3.80. The normalized spacial score (nSPS) is 12.1. The Bertz CT molecular complexity index is 1240. The third-order valence-electron chi connectivity index (χ3n) is 5.06. The molecule has 1 atom stereocenters. The molecule has 4 rings (SSSR count).